The zero-order chi connectivity index (χ0) is 13.1. The first-order valence-electron chi connectivity index (χ1n) is 5.56. The van der Waals surface area contributed by atoms with E-state index in [1.807, 2.05) is 32.0 Å². The molecule has 94 valence electrons. The summed E-state index contributed by atoms with van der Waals surface area (Å²) in [7, 11) is 1.55. The number of hydrogen-bond donors (Lipinski definition) is 1. The molecule has 0 aliphatic rings. The molecule has 4 heteroatoms. The second kappa shape index (κ2) is 5.65. The fourth-order valence-corrected chi connectivity index (χ4v) is 1.76. The van der Waals surface area contributed by atoms with Crippen LogP contribution in [0.15, 0.2) is 22.7 Å². The largest absolute Gasteiger partial charge is 0.369 e. The molecule has 0 aliphatic heterocycles. The fourth-order valence-electron chi connectivity index (χ4n) is 1.40. The Morgan fingerprint density at radius 1 is 1.53 bits per heavy atom. The monoisotopic (exact) mass is 299 g/mol. The zero-order valence-electron chi connectivity index (χ0n) is 10.6. The molecule has 1 amide bonds. The molecular formula is C13H18BrNO2. The quantitative estimate of drug-likeness (QED) is 0.924. The van der Waals surface area contributed by atoms with Crippen molar-refractivity contribution in [3.8, 4) is 0 Å². The third kappa shape index (κ3) is 3.07. The summed E-state index contributed by atoms with van der Waals surface area (Å²) in [5.74, 6) is -0.131. The number of amides is 1. The summed E-state index contributed by atoms with van der Waals surface area (Å²) in [6.45, 7) is 5.69. The van der Waals surface area contributed by atoms with E-state index in [4.69, 9.17) is 4.74 Å². The smallest absolute Gasteiger partial charge is 0.256 e. The number of nitrogens with one attached hydrogen (secondary N) is 1. The van der Waals surface area contributed by atoms with Gasteiger partial charge in [0.05, 0.1) is 5.69 Å². The molecule has 0 fully saturated rings. The highest BCUT2D eigenvalue weighted by Crippen LogP contribution is 2.27. The summed E-state index contributed by atoms with van der Waals surface area (Å²) in [5.41, 5.74) is 1.06. The van der Waals surface area contributed by atoms with Crippen LogP contribution in [0.3, 0.4) is 0 Å². The summed E-state index contributed by atoms with van der Waals surface area (Å²) in [6, 6.07) is 5.75. The number of benzene rings is 1. The molecule has 0 aliphatic carbocycles. The lowest BCUT2D eigenvalue weighted by Gasteiger charge is -2.25. The SMILES string of the molecule is CCC(C)(OC)C(=O)Nc1cccc(C)c1Br. The van der Waals surface area contributed by atoms with Gasteiger partial charge in [-0.15, -0.1) is 0 Å². The molecule has 1 rings (SSSR count). The van der Waals surface area contributed by atoms with Crippen molar-refractivity contribution in [2.24, 2.45) is 0 Å². The van der Waals surface area contributed by atoms with Crippen LogP contribution in [-0.4, -0.2) is 18.6 Å². The zero-order valence-corrected chi connectivity index (χ0v) is 12.2. The topological polar surface area (TPSA) is 38.3 Å². The first kappa shape index (κ1) is 14.2. The molecule has 0 radical (unpaired) electrons. The molecule has 0 spiro atoms. The minimum atomic E-state index is -0.789. The number of rotatable bonds is 4. The Morgan fingerprint density at radius 2 is 2.18 bits per heavy atom. The van der Waals surface area contributed by atoms with Crippen molar-refractivity contribution >= 4 is 27.5 Å². The third-order valence-electron chi connectivity index (χ3n) is 3.05. The maximum absolute atomic E-state index is 12.1. The number of methoxy groups -OCH3 is 1. The van der Waals surface area contributed by atoms with Crippen molar-refractivity contribution < 1.29 is 9.53 Å². The van der Waals surface area contributed by atoms with E-state index < -0.39 is 5.60 Å². The summed E-state index contributed by atoms with van der Waals surface area (Å²) in [5, 5.41) is 2.88. The number of ether oxygens (including phenoxy) is 1. The Balaban J connectivity index is 2.92. The summed E-state index contributed by atoms with van der Waals surface area (Å²) in [4.78, 5) is 12.1. The average molecular weight is 300 g/mol. The maximum Gasteiger partial charge on any atom is 0.256 e. The van der Waals surface area contributed by atoms with E-state index in [0.29, 0.717) is 6.42 Å². The molecule has 0 aromatic heterocycles. The van der Waals surface area contributed by atoms with Crippen molar-refractivity contribution in [1.82, 2.24) is 0 Å². The van der Waals surface area contributed by atoms with Gasteiger partial charge in [0.15, 0.2) is 0 Å². The Bertz CT molecular complexity index is 414. The number of carbonyl (C=O) groups is 1. The molecule has 1 aromatic carbocycles. The number of aryl methyl sites for hydroxylation is 1. The van der Waals surface area contributed by atoms with Crippen molar-refractivity contribution in [3.63, 3.8) is 0 Å². The lowest BCUT2D eigenvalue weighted by atomic mass is 10.0. The summed E-state index contributed by atoms with van der Waals surface area (Å²) < 4.78 is 6.17. The van der Waals surface area contributed by atoms with E-state index in [1.165, 1.54) is 0 Å². The standard InChI is InChI=1S/C13H18BrNO2/c1-5-13(3,17-4)12(16)15-10-8-6-7-9(2)11(10)14/h6-8H,5H2,1-4H3,(H,15,16). The number of halogens is 1. The Hall–Kier alpha value is -0.870. The molecule has 1 atom stereocenters. The van der Waals surface area contributed by atoms with Crippen molar-refractivity contribution in [2.45, 2.75) is 32.8 Å². The molecule has 0 heterocycles. The summed E-state index contributed by atoms with van der Waals surface area (Å²) in [6.07, 6.45) is 0.624. The predicted molar refractivity (Wildman–Crippen MR) is 73.2 cm³/mol. The molecular weight excluding hydrogens is 282 g/mol. The van der Waals surface area contributed by atoms with Crippen molar-refractivity contribution in [2.75, 3.05) is 12.4 Å². The van der Waals surface area contributed by atoms with Crippen LogP contribution in [0.5, 0.6) is 0 Å². The van der Waals surface area contributed by atoms with Crippen LogP contribution in [0.4, 0.5) is 5.69 Å². The number of anilines is 1. The van der Waals surface area contributed by atoms with E-state index in [0.717, 1.165) is 15.7 Å². The highest BCUT2D eigenvalue weighted by molar-refractivity contribution is 9.10. The Kier molecular flexibility index (Phi) is 4.71. The molecule has 1 unspecified atom stereocenters. The highest BCUT2D eigenvalue weighted by atomic mass is 79.9. The van der Waals surface area contributed by atoms with Crippen LogP contribution < -0.4 is 5.32 Å². The minimum Gasteiger partial charge on any atom is -0.369 e. The molecule has 1 aromatic rings. The molecule has 3 nitrogen and oxygen atoms in total. The average Bonchev–Trinajstić information content (AvgIpc) is 2.33. The van der Waals surface area contributed by atoms with Crippen molar-refractivity contribution in [3.05, 3.63) is 28.2 Å². The molecule has 1 N–H and O–H groups in total. The van der Waals surface area contributed by atoms with Gasteiger partial charge in [0.1, 0.15) is 5.60 Å². The second-order valence-corrected chi connectivity index (χ2v) is 4.97. The van der Waals surface area contributed by atoms with Gasteiger partial charge in [-0.2, -0.15) is 0 Å². The number of hydrogen-bond acceptors (Lipinski definition) is 2. The number of carbonyl (C=O) groups excluding carboxylic acids is 1. The second-order valence-electron chi connectivity index (χ2n) is 4.18. The van der Waals surface area contributed by atoms with E-state index in [2.05, 4.69) is 21.2 Å². The first-order chi connectivity index (χ1) is 7.94. The van der Waals surface area contributed by atoms with Crippen LogP contribution in [0.2, 0.25) is 0 Å². The minimum absolute atomic E-state index is 0.131. The molecule has 0 bridgehead atoms. The Labute approximate surface area is 111 Å². The Morgan fingerprint density at radius 3 is 2.71 bits per heavy atom. The third-order valence-corrected chi connectivity index (χ3v) is 4.10. The van der Waals surface area contributed by atoms with Gasteiger partial charge in [0, 0.05) is 11.6 Å². The van der Waals surface area contributed by atoms with E-state index in [-0.39, 0.29) is 5.91 Å². The molecule has 0 saturated carbocycles. The van der Waals surface area contributed by atoms with Crippen LogP contribution in [-0.2, 0) is 9.53 Å². The van der Waals surface area contributed by atoms with Crippen LogP contribution in [0.25, 0.3) is 0 Å². The van der Waals surface area contributed by atoms with E-state index in [9.17, 15) is 4.79 Å². The van der Waals surface area contributed by atoms with Gasteiger partial charge in [-0.3, -0.25) is 4.79 Å². The van der Waals surface area contributed by atoms with Gasteiger partial charge in [0.25, 0.3) is 5.91 Å². The van der Waals surface area contributed by atoms with Crippen molar-refractivity contribution in [1.29, 1.82) is 0 Å². The van der Waals surface area contributed by atoms with Gasteiger partial charge >= 0.3 is 0 Å². The summed E-state index contributed by atoms with van der Waals surface area (Å²) >= 11 is 3.46. The molecule has 17 heavy (non-hydrogen) atoms. The van der Waals surface area contributed by atoms with Crippen LogP contribution >= 0.6 is 15.9 Å². The first-order valence-corrected chi connectivity index (χ1v) is 6.35. The van der Waals surface area contributed by atoms with E-state index >= 15 is 0 Å². The normalized spacial score (nSPS) is 14.2. The van der Waals surface area contributed by atoms with Gasteiger partial charge < -0.3 is 10.1 Å². The van der Waals surface area contributed by atoms with E-state index in [1.54, 1.807) is 14.0 Å². The van der Waals surface area contributed by atoms with Crippen LogP contribution in [0, 0.1) is 6.92 Å². The predicted octanol–water partition coefficient (Wildman–Crippen LogP) is 3.51. The van der Waals surface area contributed by atoms with Crippen LogP contribution in [0.1, 0.15) is 25.8 Å². The lowest BCUT2D eigenvalue weighted by molar-refractivity contribution is -0.136. The fraction of sp³-hybridized carbons (Fsp3) is 0.462. The van der Waals surface area contributed by atoms with Gasteiger partial charge in [-0.1, -0.05) is 19.1 Å². The maximum atomic E-state index is 12.1. The lowest BCUT2D eigenvalue weighted by Crippen LogP contribution is -2.41. The molecule has 0 saturated heterocycles. The highest BCUT2D eigenvalue weighted by Gasteiger charge is 2.31. The van der Waals surface area contributed by atoms with Gasteiger partial charge in [-0.05, 0) is 47.8 Å². The van der Waals surface area contributed by atoms with Gasteiger partial charge in [0.2, 0.25) is 0 Å². The van der Waals surface area contributed by atoms with Gasteiger partial charge in [-0.25, -0.2) is 0 Å².